The first-order valence-corrected chi connectivity index (χ1v) is 8.15. The molecular weight excluding hydrogens is 266 g/mol. The summed E-state index contributed by atoms with van der Waals surface area (Å²) in [5, 5.41) is 9.47. The second-order valence-electron chi connectivity index (χ2n) is 7.33. The van der Waals surface area contributed by atoms with Gasteiger partial charge in [-0.05, 0) is 36.5 Å². The molecule has 1 heterocycles. The van der Waals surface area contributed by atoms with Gasteiger partial charge in [-0.25, -0.2) is 0 Å². The van der Waals surface area contributed by atoms with Crippen molar-refractivity contribution in [2.24, 2.45) is 29.1 Å². The lowest BCUT2D eigenvalue weighted by molar-refractivity contribution is -0.152. The molecule has 4 atom stereocenters. The Morgan fingerprint density at radius 1 is 1.19 bits per heavy atom. The van der Waals surface area contributed by atoms with Crippen LogP contribution in [0.2, 0.25) is 0 Å². The number of aliphatic carboxylic acids is 1. The molecule has 3 aliphatic rings. The number of hydrogen-bond donors (Lipinski definition) is 1. The van der Waals surface area contributed by atoms with Crippen LogP contribution in [0.1, 0.15) is 39.5 Å². The Morgan fingerprint density at radius 3 is 2.29 bits per heavy atom. The molecule has 0 spiro atoms. The van der Waals surface area contributed by atoms with Crippen molar-refractivity contribution >= 4 is 11.9 Å². The summed E-state index contributed by atoms with van der Waals surface area (Å²) < 4.78 is 0. The Balaban J connectivity index is 1.71. The zero-order valence-corrected chi connectivity index (χ0v) is 12.9. The smallest absolute Gasteiger partial charge is 0.307 e. The number of hydrogen-bond acceptors (Lipinski definition) is 2. The first-order chi connectivity index (χ1) is 9.95. The van der Waals surface area contributed by atoms with Crippen molar-refractivity contribution in [3.8, 4) is 0 Å². The Bertz CT molecular complexity index is 476. The number of carbonyl (C=O) groups is 2. The van der Waals surface area contributed by atoms with E-state index in [9.17, 15) is 14.7 Å². The van der Waals surface area contributed by atoms with Gasteiger partial charge in [0.1, 0.15) is 0 Å². The molecule has 0 aromatic heterocycles. The Kier molecular flexibility index (Phi) is 3.58. The first kappa shape index (κ1) is 14.6. The Labute approximate surface area is 126 Å². The number of amides is 1. The average Bonchev–Trinajstić information content (AvgIpc) is 3.08. The number of carboxylic acid groups (broad SMARTS) is 1. The fourth-order valence-corrected chi connectivity index (χ4v) is 4.33. The fourth-order valence-electron chi connectivity index (χ4n) is 4.33. The van der Waals surface area contributed by atoms with Crippen molar-refractivity contribution < 1.29 is 14.7 Å². The average molecular weight is 291 g/mol. The molecule has 4 nitrogen and oxygen atoms in total. The van der Waals surface area contributed by atoms with Crippen LogP contribution in [0, 0.1) is 29.1 Å². The van der Waals surface area contributed by atoms with Crippen LogP contribution in [0.5, 0.6) is 0 Å². The zero-order valence-electron chi connectivity index (χ0n) is 12.9. The third kappa shape index (κ3) is 2.39. The summed E-state index contributed by atoms with van der Waals surface area (Å²) in [5.41, 5.74) is 0.345. The molecular formula is C17H25NO3. The number of allylic oxidation sites excluding steroid dienone is 2. The number of carboxylic acids is 1. The highest BCUT2D eigenvalue weighted by atomic mass is 16.4. The molecule has 1 amide bonds. The van der Waals surface area contributed by atoms with E-state index in [1.54, 1.807) is 0 Å². The van der Waals surface area contributed by atoms with Crippen LogP contribution < -0.4 is 0 Å². The lowest BCUT2D eigenvalue weighted by Gasteiger charge is -2.41. The van der Waals surface area contributed by atoms with E-state index in [1.165, 1.54) is 0 Å². The molecule has 2 fully saturated rings. The molecule has 0 aromatic rings. The van der Waals surface area contributed by atoms with Crippen LogP contribution in [0.4, 0.5) is 0 Å². The summed E-state index contributed by atoms with van der Waals surface area (Å²) in [6, 6.07) is 0. The standard InChI is InChI=1S/C17H25NO3/c1-3-17(2)6-8-18(9-7-17)15(19)13-11-4-5-12(10-11)14(13)16(20)21/h4-5,11-14H,3,6-10H2,1-2H3,(H,20,21)/t11?,12?,13-,14+/m0/s1. The molecule has 1 aliphatic heterocycles. The number of rotatable bonds is 3. The van der Waals surface area contributed by atoms with Gasteiger partial charge in [0.25, 0.3) is 0 Å². The largest absolute Gasteiger partial charge is 0.481 e. The van der Waals surface area contributed by atoms with Crippen LogP contribution in [0.3, 0.4) is 0 Å². The van der Waals surface area contributed by atoms with Crippen molar-refractivity contribution in [3.05, 3.63) is 12.2 Å². The lowest BCUT2D eigenvalue weighted by atomic mass is 9.77. The summed E-state index contributed by atoms with van der Waals surface area (Å²) >= 11 is 0. The predicted octanol–water partition coefficient (Wildman–Crippen LogP) is 2.55. The molecule has 1 N–H and O–H groups in total. The van der Waals surface area contributed by atoms with Crippen LogP contribution in [-0.2, 0) is 9.59 Å². The molecule has 0 radical (unpaired) electrons. The van der Waals surface area contributed by atoms with Gasteiger partial charge in [0.05, 0.1) is 11.8 Å². The van der Waals surface area contributed by atoms with Crippen molar-refractivity contribution in [3.63, 3.8) is 0 Å². The summed E-state index contributed by atoms with van der Waals surface area (Å²) in [7, 11) is 0. The predicted molar refractivity (Wildman–Crippen MR) is 79.6 cm³/mol. The van der Waals surface area contributed by atoms with E-state index < -0.39 is 11.9 Å². The highest BCUT2D eigenvalue weighted by Gasteiger charge is 2.52. The number of likely N-dealkylation sites (tertiary alicyclic amines) is 1. The van der Waals surface area contributed by atoms with E-state index in [4.69, 9.17) is 0 Å². The minimum absolute atomic E-state index is 0.0622. The minimum Gasteiger partial charge on any atom is -0.481 e. The molecule has 1 saturated heterocycles. The van der Waals surface area contributed by atoms with Crippen molar-refractivity contribution in [2.75, 3.05) is 13.1 Å². The van der Waals surface area contributed by atoms with E-state index in [2.05, 4.69) is 19.9 Å². The second-order valence-corrected chi connectivity index (χ2v) is 7.33. The van der Waals surface area contributed by atoms with Gasteiger partial charge in [0, 0.05) is 13.1 Å². The highest BCUT2D eigenvalue weighted by Crippen LogP contribution is 2.49. The summed E-state index contributed by atoms with van der Waals surface area (Å²) in [6.45, 7) is 6.06. The summed E-state index contributed by atoms with van der Waals surface area (Å²) in [5.74, 6) is -1.36. The molecule has 21 heavy (non-hydrogen) atoms. The van der Waals surface area contributed by atoms with Crippen LogP contribution in [0.15, 0.2) is 12.2 Å². The van der Waals surface area contributed by atoms with Gasteiger partial charge in [-0.3, -0.25) is 9.59 Å². The van der Waals surface area contributed by atoms with Gasteiger partial charge in [-0.2, -0.15) is 0 Å². The SMILES string of the molecule is CCC1(C)CCN(C(=O)[C@H]2C3C=CC(C3)[C@H]2C(=O)O)CC1. The third-order valence-corrected chi connectivity index (χ3v) is 6.17. The second kappa shape index (κ2) is 5.15. The molecule has 0 aromatic carbocycles. The van der Waals surface area contributed by atoms with Crippen molar-refractivity contribution in [2.45, 2.75) is 39.5 Å². The number of piperidine rings is 1. The van der Waals surface area contributed by atoms with E-state index >= 15 is 0 Å². The lowest BCUT2D eigenvalue weighted by Crippen LogP contribution is -2.47. The van der Waals surface area contributed by atoms with Gasteiger partial charge < -0.3 is 10.0 Å². The number of nitrogens with zero attached hydrogens (tertiary/aromatic N) is 1. The van der Waals surface area contributed by atoms with Crippen LogP contribution in [0.25, 0.3) is 0 Å². The Morgan fingerprint density at radius 2 is 1.76 bits per heavy atom. The molecule has 2 bridgehead atoms. The third-order valence-electron chi connectivity index (χ3n) is 6.17. The van der Waals surface area contributed by atoms with Crippen molar-refractivity contribution in [1.82, 2.24) is 4.90 Å². The van der Waals surface area contributed by atoms with Gasteiger partial charge in [-0.1, -0.05) is 32.4 Å². The van der Waals surface area contributed by atoms with E-state index in [0.717, 1.165) is 38.8 Å². The number of carbonyl (C=O) groups excluding carboxylic acids is 1. The monoisotopic (exact) mass is 291 g/mol. The molecule has 3 rings (SSSR count). The first-order valence-electron chi connectivity index (χ1n) is 8.15. The summed E-state index contributed by atoms with van der Waals surface area (Å²) in [6.07, 6.45) is 8.11. The van der Waals surface area contributed by atoms with E-state index in [-0.39, 0.29) is 23.7 Å². The van der Waals surface area contributed by atoms with Crippen LogP contribution >= 0.6 is 0 Å². The maximum absolute atomic E-state index is 12.8. The van der Waals surface area contributed by atoms with E-state index in [1.807, 2.05) is 11.0 Å². The molecule has 1 saturated carbocycles. The maximum atomic E-state index is 12.8. The van der Waals surface area contributed by atoms with Gasteiger partial charge in [0.2, 0.25) is 5.91 Å². The van der Waals surface area contributed by atoms with Crippen molar-refractivity contribution in [1.29, 1.82) is 0 Å². The molecule has 116 valence electrons. The number of fused-ring (bicyclic) bond motifs is 2. The molecule has 4 heteroatoms. The quantitative estimate of drug-likeness (QED) is 0.813. The Hall–Kier alpha value is -1.32. The molecule has 2 unspecified atom stereocenters. The summed E-state index contributed by atoms with van der Waals surface area (Å²) in [4.78, 5) is 26.3. The van der Waals surface area contributed by atoms with Gasteiger partial charge >= 0.3 is 5.97 Å². The van der Waals surface area contributed by atoms with Crippen LogP contribution in [-0.4, -0.2) is 35.0 Å². The van der Waals surface area contributed by atoms with Gasteiger partial charge in [0.15, 0.2) is 0 Å². The van der Waals surface area contributed by atoms with Gasteiger partial charge in [-0.15, -0.1) is 0 Å². The van der Waals surface area contributed by atoms with E-state index in [0.29, 0.717) is 5.41 Å². The zero-order chi connectivity index (χ0) is 15.2. The normalized spacial score (nSPS) is 37.0. The topological polar surface area (TPSA) is 57.6 Å². The highest BCUT2D eigenvalue weighted by molar-refractivity contribution is 5.87. The maximum Gasteiger partial charge on any atom is 0.307 e. The fraction of sp³-hybridized carbons (Fsp3) is 0.765. The minimum atomic E-state index is -0.805. The molecule has 2 aliphatic carbocycles.